The standard InChI is InChI=1S/C18H14ClN3/c1-13-4-3-5-15(10-13)6-7-16-12-22(14(2)21-16)17-8-9-20-18(19)11-17/h3-5,8-12H,1-2H3. The van der Waals surface area contributed by atoms with E-state index >= 15 is 0 Å². The molecule has 0 N–H and O–H groups in total. The minimum absolute atomic E-state index is 0.456. The van der Waals surface area contributed by atoms with Gasteiger partial charge in [-0.05, 0) is 49.6 Å². The fourth-order valence-electron chi connectivity index (χ4n) is 2.20. The van der Waals surface area contributed by atoms with E-state index in [4.69, 9.17) is 11.6 Å². The van der Waals surface area contributed by atoms with Crippen molar-refractivity contribution in [3.63, 3.8) is 0 Å². The van der Waals surface area contributed by atoms with Crippen molar-refractivity contribution in [2.24, 2.45) is 0 Å². The summed E-state index contributed by atoms with van der Waals surface area (Å²) in [6.45, 7) is 3.99. The van der Waals surface area contributed by atoms with Crippen LogP contribution in [0.1, 0.15) is 22.6 Å². The molecule has 3 nitrogen and oxygen atoms in total. The van der Waals surface area contributed by atoms with Crippen LogP contribution in [0.5, 0.6) is 0 Å². The Hall–Kier alpha value is -2.57. The first-order valence-corrected chi connectivity index (χ1v) is 7.26. The minimum Gasteiger partial charge on any atom is -0.302 e. The fraction of sp³-hybridized carbons (Fsp3) is 0.111. The lowest BCUT2D eigenvalue weighted by Crippen LogP contribution is -1.95. The van der Waals surface area contributed by atoms with Crippen LogP contribution in [-0.4, -0.2) is 14.5 Å². The summed E-state index contributed by atoms with van der Waals surface area (Å²) in [6, 6.07) is 11.8. The molecule has 0 aliphatic rings. The monoisotopic (exact) mass is 307 g/mol. The van der Waals surface area contributed by atoms with Crippen molar-refractivity contribution in [3.8, 4) is 17.5 Å². The van der Waals surface area contributed by atoms with Gasteiger partial charge in [-0.2, -0.15) is 0 Å². The molecule has 2 heterocycles. The molecule has 0 fully saturated rings. The maximum atomic E-state index is 5.94. The van der Waals surface area contributed by atoms with Gasteiger partial charge in [0, 0.05) is 18.0 Å². The third-order valence-corrected chi connectivity index (χ3v) is 3.43. The van der Waals surface area contributed by atoms with Gasteiger partial charge < -0.3 is 4.57 Å². The predicted molar refractivity (Wildman–Crippen MR) is 88.3 cm³/mol. The van der Waals surface area contributed by atoms with Gasteiger partial charge in [0.2, 0.25) is 0 Å². The van der Waals surface area contributed by atoms with Crippen molar-refractivity contribution >= 4 is 11.6 Å². The summed E-state index contributed by atoms with van der Waals surface area (Å²) in [5.74, 6) is 7.10. The van der Waals surface area contributed by atoms with Crippen LogP contribution < -0.4 is 0 Å². The van der Waals surface area contributed by atoms with Gasteiger partial charge in [-0.1, -0.05) is 29.7 Å². The smallest absolute Gasteiger partial charge is 0.132 e. The van der Waals surface area contributed by atoms with Crippen LogP contribution in [0.15, 0.2) is 48.8 Å². The van der Waals surface area contributed by atoms with Gasteiger partial charge in [0.15, 0.2) is 0 Å². The maximum Gasteiger partial charge on any atom is 0.132 e. The highest BCUT2D eigenvalue weighted by molar-refractivity contribution is 6.29. The number of benzene rings is 1. The van der Waals surface area contributed by atoms with E-state index < -0.39 is 0 Å². The molecule has 1 aromatic carbocycles. The summed E-state index contributed by atoms with van der Waals surface area (Å²) >= 11 is 5.94. The Morgan fingerprint density at radius 1 is 1.09 bits per heavy atom. The highest BCUT2D eigenvalue weighted by atomic mass is 35.5. The minimum atomic E-state index is 0.456. The molecule has 108 valence electrons. The van der Waals surface area contributed by atoms with E-state index in [1.54, 1.807) is 12.3 Å². The zero-order valence-electron chi connectivity index (χ0n) is 12.3. The average molecular weight is 308 g/mol. The number of hydrogen-bond donors (Lipinski definition) is 0. The second-order valence-electron chi connectivity index (χ2n) is 5.00. The van der Waals surface area contributed by atoms with E-state index in [9.17, 15) is 0 Å². The Balaban J connectivity index is 1.93. The maximum absolute atomic E-state index is 5.94. The van der Waals surface area contributed by atoms with Gasteiger partial charge in [0.1, 0.15) is 16.7 Å². The highest BCUT2D eigenvalue weighted by Gasteiger charge is 2.05. The Morgan fingerprint density at radius 3 is 2.73 bits per heavy atom. The molecule has 3 aromatic rings. The van der Waals surface area contributed by atoms with Crippen molar-refractivity contribution in [2.45, 2.75) is 13.8 Å². The average Bonchev–Trinajstić information content (AvgIpc) is 2.86. The van der Waals surface area contributed by atoms with Crippen molar-refractivity contribution in [2.75, 3.05) is 0 Å². The van der Waals surface area contributed by atoms with E-state index in [2.05, 4.69) is 40.9 Å². The third kappa shape index (κ3) is 3.19. The third-order valence-electron chi connectivity index (χ3n) is 3.22. The summed E-state index contributed by atoms with van der Waals surface area (Å²) in [4.78, 5) is 8.47. The molecule has 3 rings (SSSR count). The summed E-state index contributed by atoms with van der Waals surface area (Å²) in [7, 11) is 0. The molecule has 0 spiro atoms. The summed E-state index contributed by atoms with van der Waals surface area (Å²) in [5.41, 5.74) is 3.83. The van der Waals surface area contributed by atoms with E-state index in [-0.39, 0.29) is 0 Å². The van der Waals surface area contributed by atoms with Gasteiger partial charge in [-0.25, -0.2) is 9.97 Å². The van der Waals surface area contributed by atoms with E-state index in [1.807, 2.05) is 35.9 Å². The summed E-state index contributed by atoms with van der Waals surface area (Å²) in [6.07, 6.45) is 3.58. The number of imidazole rings is 1. The molecule has 0 saturated heterocycles. The lowest BCUT2D eigenvalue weighted by Gasteiger charge is -2.03. The van der Waals surface area contributed by atoms with Crippen LogP contribution in [0.4, 0.5) is 0 Å². The molecule has 0 radical (unpaired) electrons. The molecule has 0 bridgehead atoms. The molecule has 0 atom stereocenters. The number of nitrogens with zero attached hydrogens (tertiary/aromatic N) is 3. The topological polar surface area (TPSA) is 30.7 Å². The number of hydrogen-bond acceptors (Lipinski definition) is 2. The van der Waals surface area contributed by atoms with Crippen molar-refractivity contribution in [1.29, 1.82) is 0 Å². The van der Waals surface area contributed by atoms with Crippen molar-refractivity contribution < 1.29 is 0 Å². The largest absolute Gasteiger partial charge is 0.302 e. The lowest BCUT2D eigenvalue weighted by atomic mass is 10.1. The van der Waals surface area contributed by atoms with Crippen LogP contribution in [0.25, 0.3) is 5.69 Å². The zero-order valence-corrected chi connectivity index (χ0v) is 13.1. The van der Waals surface area contributed by atoms with E-state index in [0.717, 1.165) is 22.8 Å². The zero-order chi connectivity index (χ0) is 15.5. The molecule has 2 aromatic heterocycles. The molecule has 4 heteroatoms. The Kier molecular flexibility index (Phi) is 3.95. The normalized spacial score (nSPS) is 10.1. The first-order chi connectivity index (χ1) is 10.6. The van der Waals surface area contributed by atoms with E-state index in [0.29, 0.717) is 5.15 Å². The van der Waals surface area contributed by atoms with Gasteiger partial charge in [-0.3, -0.25) is 0 Å². The number of aromatic nitrogens is 3. The summed E-state index contributed by atoms with van der Waals surface area (Å²) in [5, 5.41) is 0.456. The SMILES string of the molecule is Cc1cccc(C#Cc2cn(-c3ccnc(Cl)c3)c(C)n2)c1. The highest BCUT2D eigenvalue weighted by Crippen LogP contribution is 2.15. The van der Waals surface area contributed by atoms with Crippen LogP contribution in [0, 0.1) is 25.7 Å². The van der Waals surface area contributed by atoms with Crippen LogP contribution in [0.3, 0.4) is 0 Å². The second-order valence-corrected chi connectivity index (χ2v) is 5.39. The molecular weight excluding hydrogens is 294 g/mol. The molecule has 0 unspecified atom stereocenters. The predicted octanol–water partition coefficient (Wildman–Crippen LogP) is 3.94. The van der Waals surface area contributed by atoms with Crippen molar-refractivity contribution in [3.05, 3.63) is 76.6 Å². The number of rotatable bonds is 1. The van der Waals surface area contributed by atoms with Crippen LogP contribution in [0.2, 0.25) is 5.15 Å². The Labute approximate surface area is 134 Å². The lowest BCUT2D eigenvalue weighted by molar-refractivity contribution is 0.970. The van der Waals surface area contributed by atoms with Gasteiger partial charge >= 0.3 is 0 Å². The van der Waals surface area contributed by atoms with E-state index in [1.165, 1.54) is 5.56 Å². The van der Waals surface area contributed by atoms with Crippen LogP contribution in [-0.2, 0) is 0 Å². The number of pyridine rings is 1. The Bertz CT molecular complexity index is 885. The van der Waals surface area contributed by atoms with Crippen molar-refractivity contribution in [1.82, 2.24) is 14.5 Å². The number of halogens is 1. The fourth-order valence-corrected chi connectivity index (χ4v) is 2.36. The molecule has 22 heavy (non-hydrogen) atoms. The second kappa shape index (κ2) is 6.05. The first-order valence-electron chi connectivity index (χ1n) is 6.88. The van der Waals surface area contributed by atoms with Gasteiger partial charge in [0.05, 0.1) is 5.69 Å². The quantitative estimate of drug-likeness (QED) is 0.503. The Morgan fingerprint density at radius 2 is 1.95 bits per heavy atom. The molecule has 0 aliphatic carbocycles. The van der Waals surface area contributed by atoms with Gasteiger partial charge in [-0.15, -0.1) is 0 Å². The molecule has 0 amide bonds. The molecule has 0 saturated carbocycles. The van der Waals surface area contributed by atoms with Gasteiger partial charge in [0.25, 0.3) is 0 Å². The summed E-state index contributed by atoms with van der Waals surface area (Å²) < 4.78 is 1.95. The molecule has 0 aliphatic heterocycles. The number of aryl methyl sites for hydroxylation is 2. The van der Waals surface area contributed by atoms with Crippen LogP contribution >= 0.6 is 11.6 Å². The molecular formula is C18H14ClN3. The first kappa shape index (κ1) is 14.4.